The Balaban J connectivity index is 1.77. The van der Waals surface area contributed by atoms with Crippen LogP contribution in [0.5, 0.6) is 28.7 Å². The topological polar surface area (TPSA) is 90.2 Å². The molecule has 0 radical (unpaired) electrons. The zero-order chi connectivity index (χ0) is 25.0. The summed E-state index contributed by atoms with van der Waals surface area (Å²) >= 11 is 0. The molecule has 3 aromatic rings. The molecule has 0 fully saturated rings. The summed E-state index contributed by atoms with van der Waals surface area (Å²) in [7, 11) is 0. The summed E-state index contributed by atoms with van der Waals surface area (Å²) < 4.78 is 5.84. The summed E-state index contributed by atoms with van der Waals surface area (Å²) in [6.07, 6.45) is 2.92. The van der Waals surface area contributed by atoms with Crippen LogP contribution in [0.2, 0.25) is 0 Å². The maximum absolute atomic E-state index is 10.9. The Bertz CT molecular complexity index is 1100. The number of benzene rings is 3. The van der Waals surface area contributed by atoms with E-state index in [0.29, 0.717) is 35.8 Å². The summed E-state index contributed by atoms with van der Waals surface area (Å²) in [5.41, 5.74) is 2.70. The fourth-order valence-corrected chi connectivity index (χ4v) is 4.31. The molecule has 5 nitrogen and oxygen atoms in total. The molecule has 0 spiro atoms. The van der Waals surface area contributed by atoms with Gasteiger partial charge in [0, 0.05) is 29.7 Å². The van der Waals surface area contributed by atoms with Gasteiger partial charge in [-0.1, -0.05) is 32.4 Å². The highest BCUT2D eigenvalue weighted by Gasteiger charge is 2.26. The van der Waals surface area contributed by atoms with Gasteiger partial charge in [-0.3, -0.25) is 0 Å². The van der Waals surface area contributed by atoms with Crippen LogP contribution in [0.25, 0.3) is 0 Å². The van der Waals surface area contributed by atoms with E-state index >= 15 is 0 Å². The van der Waals surface area contributed by atoms with Crippen LogP contribution in [0.3, 0.4) is 0 Å². The van der Waals surface area contributed by atoms with E-state index in [2.05, 4.69) is 13.8 Å². The van der Waals surface area contributed by atoms with Crippen molar-refractivity contribution in [2.24, 2.45) is 5.92 Å². The monoisotopic (exact) mass is 464 g/mol. The van der Waals surface area contributed by atoms with Crippen molar-refractivity contribution >= 4 is 0 Å². The van der Waals surface area contributed by atoms with Crippen LogP contribution in [0, 0.1) is 19.8 Å². The molecule has 1 atom stereocenters. The van der Waals surface area contributed by atoms with Crippen LogP contribution in [0.15, 0.2) is 48.5 Å². The van der Waals surface area contributed by atoms with E-state index in [1.807, 2.05) is 32.0 Å². The quantitative estimate of drug-likeness (QED) is 0.278. The number of phenolic OH excluding ortho intramolecular Hbond substituents is 3. The maximum Gasteiger partial charge on any atom is 0.131 e. The standard InChI is InChI=1S/C29H36O5/c1-18(2)7-6-10-29(5,33)26-9-8-21(15-28(26)32)14-25-20(4)13-24(17-27(25)31)34-23-12-19(3)11-22(30)16-23/h8-9,11-13,15-18,30-33H,6-7,10,14H2,1-5H3/t29-/m1/s1. The minimum Gasteiger partial charge on any atom is -0.508 e. The third kappa shape index (κ3) is 6.45. The molecule has 4 N–H and O–H groups in total. The molecule has 0 aliphatic carbocycles. The Morgan fingerprint density at radius 1 is 0.882 bits per heavy atom. The highest BCUT2D eigenvalue weighted by Crippen LogP contribution is 2.37. The van der Waals surface area contributed by atoms with E-state index in [-0.39, 0.29) is 17.2 Å². The second-order valence-electron chi connectivity index (χ2n) is 9.93. The lowest BCUT2D eigenvalue weighted by Crippen LogP contribution is -2.21. The summed E-state index contributed by atoms with van der Waals surface area (Å²) in [5, 5.41) is 42.0. The van der Waals surface area contributed by atoms with Gasteiger partial charge < -0.3 is 25.2 Å². The molecule has 3 rings (SSSR count). The van der Waals surface area contributed by atoms with E-state index in [0.717, 1.165) is 35.1 Å². The Morgan fingerprint density at radius 3 is 2.21 bits per heavy atom. The molecular formula is C29H36O5. The van der Waals surface area contributed by atoms with Crippen molar-refractivity contribution < 1.29 is 25.2 Å². The number of hydrogen-bond acceptors (Lipinski definition) is 5. The van der Waals surface area contributed by atoms with Gasteiger partial charge in [-0.15, -0.1) is 0 Å². The first kappa shape index (κ1) is 25.4. The summed E-state index contributed by atoms with van der Waals surface area (Å²) in [6, 6.07) is 13.7. The Morgan fingerprint density at radius 2 is 1.59 bits per heavy atom. The zero-order valence-corrected chi connectivity index (χ0v) is 20.7. The van der Waals surface area contributed by atoms with E-state index in [9.17, 15) is 20.4 Å². The number of phenols is 3. The molecule has 0 aliphatic rings. The fourth-order valence-electron chi connectivity index (χ4n) is 4.31. The van der Waals surface area contributed by atoms with Crippen molar-refractivity contribution in [3.8, 4) is 28.7 Å². The lowest BCUT2D eigenvalue weighted by molar-refractivity contribution is 0.0417. The van der Waals surface area contributed by atoms with Crippen molar-refractivity contribution in [1.82, 2.24) is 0 Å². The summed E-state index contributed by atoms with van der Waals surface area (Å²) in [6.45, 7) is 9.81. The van der Waals surface area contributed by atoms with Gasteiger partial charge in [0.05, 0.1) is 5.60 Å². The fraction of sp³-hybridized carbons (Fsp3) is 0.379. The number of rotatable bonds is 9. The number of aliphatic hydroxyl groups is 1. The van der Waals surface area contributed by atoms with E-state index in [1.54, 1.807) is 31.2 Å². The van der Waals surface area contributed by atoms with Gasteiger partial charge in [-0.2, -0.15) is 0 Å². The molecule has 0 bridgehead atoms. The number of ether oxygens (including phenoxy) is 1. The van der Waals surface area contributed by atoms with E-state index in [4.69, 9.17) is 4.74 Å². The van der Waals surface area contributed by atoms with Gasteiger partial charge >= 0.3 is 0 Å². The molecule has 5 heteroatoms. The average molecular weight is 465 g/mol. The van der Waals surface area contributed by atoms with Gasteiger partial charge in [-0.25, -0.2) is 0 Å². The van der Waals surface area contributed by atoms with Crippen LogP contribution in [0.1, 0.15) is 67.9 Å². The van der Waals surface area contributed by atoms with E-state index in [1.165, 1.54) is 6.07 Å². The largest absolute Gasteiger partial charge is 0.508 e. The lowest BCUT2D eigenvalue weighted by Gasteiger charge is -2.25. The number of hydrogen-bond donors (Lipinski definition) is 4. The van der Waals surface area contributed by atoms with Crippen molar-refractivity contribution in [1.29, 1.82) is 0 Å². The Hall–Kier alpha value is -3.18. The average Bonchev–Trinajstić information content (AvgIpc) is 2.69. The molecule has 0 aliphatic heterocycles. The SMILES string of the molecule is Cc1cc(O)cc(Oc2cc(C)c(Cc3ccc([C@](C)(O)CCCC(C)C)c(O)c3)c(O)c2)c1. The summed E-state index contributed by atoms with van der Waals surface area (Å²) in [5.74, 6) is 1.81. The second kappa shape index (κ2) is 10.4. The van der Waals surface area contributed by atoms with Gasteiger partial charge in [0.1, 0.15) is 28.7 Å². The smallest absolute Gasteiger partial charge is 0.131 e. The van der Waals surface area contributed by atoms with E-state index < -0.39 is 5.60 Å². The van der Waals surface area contributed by atoms with Crippen molar-refractivity contribution in [2.45, 2.75) is 65.9 Å². The molecule has 0 heterocycles. The first-order chi connectivity index (χ1) is 15.9. The first-order valence-electron chi connectivity index (χ1n) is 11.8. The first-order valence-corrected chi connectivity index (χ1v) is 11.8. The molecule has 0 unspecified atom stereocenters. The molecule has 0 amide bonds. The molecule has 34 heavy (non-hydrogen) atoms. The van der Waals surface area contributed by atoms with Crippen LogP contribution >= 0.6 is 0 Å². The highest BCUT2D eigenvalue weighted by molar-refractivity contribution is 5.50. The second-order valence-corrected chi connectivity index (χ2v) is 9.93. The van der Waals surface area contributed by atoms with Crippen molar-refractivity contribution in [3.63, 3.8) is 0 Å². The van der Waals surface area contributed by atoms with Crippen LogP contribution in [-0.2, 0) is 12.0 Å². The molecule has 182 valence electrons. The Kier molecular flexibility index (Phi) is 7.78. The third-order valence-electron chi connectivity index (χ3n) is 6.16. The summed E-state index contributed by atoms with van der Waals surface area (Å²) in [4.78, 5) is 0. The van der Waals surface area contributed by atoms with Crippen molar-refractivity contribution in [2.75, 3.05) is 0 Å². The van der Waals surface area contributed by atoms with Gasteiger partial charge in [0.2, 0.25) is 0 Å². The Labute approximate surface area is 202 Å². The van der Waals surface area contributed by atoms with Gasteiger partial charge in [0.25, 0.3) is 0 Å². The van der Waals surface area contributed by atoms with Crippen LogP contribution in [-0.4, -0.2) is 20.4 Å². The predicted octanol–water partition coefficient (Wildman–Crippen LogP) is 6.84. The van der Waals surface area contributed by atoms with Crippen LogP contribution < -0.4 is 4.74 Å². The lowest BCUT2D eigenvalue weighted by atomic mass is 9.87. The van der Waals surface area contributed by atoms with Crippen LogP contribution in [0.4, 0.5) is 0 Å². The minimum atomic E-state index is -1.10. The highest BCUT2D eigenvalue weighted by atomic mass is 16.5. The predicted molar refractivity (Wildman–Crippen MR) is 135 cm³/mol. The molecular weight excluding hydrogens is 428 g/mol. The van der Waals surface area contributed by atoms with Gasteiger partial charge in [0.15, 0.2) is 0 Å². The molecule has 0 saturated carbocycles. The third-order valence-corrected chi connectivity index (χ3v) is 6.16. The van der Waals surface area contributed by atoms with Crippen molar-refractivity contribution in [3.05, 3.63) is 76.3 Å². The number of aryl methyl sites for hydroxylation is 2. The molecule has 0 saturated heterocycles. The normalized spacial score (nSPS) is 13.1. The molecule has 0 aromatic heterocycles. The number of aromatic hydroxyl groups is 3. The van der Waals surface area contributed by atoms with Gasteiger partial charge in [-0.05, 0) is 80.5 Å². The minimum absolute atomic E-state index is 0.0587. The maximum atomic E-state index is 10.9. The zero-order valence-electron chi connectivity index (χ0n) is 20.7. The molecule has 3 aromatic carbocycles.